The predicted molar refractivity (Wildman–Crippen MR) is 56.9 cm³/mol. The zero-order valence-electron chi connectivity index (χ0n) is 9.75. The third kappa shape index (κ3) is 3.41. The van der Waals surface area contributed by atoms with Crippen LogP contribution in [0.15, 0.2) is 12.1 Å². The smallest absolute Gasteiger partial charge is 0.407 e. The van der Waals surface area contributed by atoms with Gasteiger partial charge in [0.05, 0.1) is 0 Å². The molecule has 1 aromatic rings. The molecule has 1 aromatic carbocycles. The van der Waals surface area contributed by atoms with Crippen molar-refractivity contribution >= 4 is 12.1 Å². The monoisotopic (exact) mass is 259 g/mol. The molecule has 0 fully saturated rings. The number of carbonyl (C=O) groups excluding carboxylic acids is 2. The summed E-state index contributed by atoms with van der Waals surface area (Å²) >= 11 is 0. The van der Waals surface area contributed by atoms with Gasteiger partial charge in [0.2, 0.25) is 5.82 Å². The lowest BCUT2D eigenvalue weighted by Gasteiger charge is -2.08. The van der Waals surface area contributed by atoms with E-state index >= 15 is 0 Å². The molecule has 18 heavy (non-hydrogen) atoms. The van der Waals surface area contributed by atoms with E-state index in [1.54, 1.807) is 0 Å². The van der Waals surface area contributed by atoms with Crippen molar-refractivity contribution in [2.24, 2.45) is 0 Å². The van der Waals surface area contributed by atoms with E-state index in [1.807, 2.05) is 0 Å². The summed E-state index contributed by atoms with van der Waals surface area (Å²) in [5.41, 5.74) is -0.160. The molecule has 1 N–H and O–H groups in total. The van der Waals surface area contributed by atoms with E-state index in [2.05, 4.69) is 14.8 Å². The molecule has 0 radical (unpaired) electrons. The lowest BCUT2D eigenvalue weighted by atomic mass is 10.2. The first-order valence-corrected chi connectivity index (χ1v) is 4.95. The molecule has 0 saturated carbocycles. The average molecular weight is 259 g/mol. The molecule has 98 valence electrons. The van der Waals surface area contributed by atoms with E-state index in [1.165, 1.54) is 13.1 Å². The zero-order chi connectivity index (χ0) is 13.7. The number of halogens is 2. The third-order valence-corrected chi connectivity index (χ3v) is 1.94. The van der Waals surface area contributed by atoms with Gasteiger partial charge in [-0.25, -0.2) is 9.18 Å². The molecule has 5 nitrogen and oxygen atoms in total. The van der Waals surface area contributed by atoms with Crippen molar-refractivity contribution in [3.63, 3.8) is 0 Å². The van der Waals surface area contributed by atoms with Crippen LogP contribution in [0.1, 0.15) is 12.5 Å². The second kappa shape index (κ2) is 5.95. The number of amides is 1. The predicted octanol–water partition coefficient (Wildman–Crippen LogP) is 1.75. The summed E-state index contributed by atoms with van der Waals surface area (Å²) in [6.45, 7) is 0.642. The van der Waals surface area contributed by atoms with Gasteiger partial charge in [0, 0.05) is 19.5 Å². The highest BCUT2D eigenvalue weighted by Gasteiger charge is 2.16. The summed E-state index contributed by atoms with van der Waals surface area (Å²) in [4.78, 5) is 21.4. The van der Waals surface area contributed by atoms with Crippen LogP contribution in [0.25, 0.3) is 0 Å². The molecule has 1 rings (SSSR count). The number of ether oxygens (including phenoxy) is 2. The lowest BCUT2D eigenvalue weighted by Crippen LogP contribution is -2.19. The molecule has 0 unspecified atom stereocenters. The van der Waals surface area contributed by atoms with Crippen molar-refractivity contribution in [1.82, 2.24) is 5.32 Å². The Balaban J connectivity index is 2.87. The summed E-state index contributed by atoms with van der Waals surface area (Å²) in [6, 6.07) is 2.25. The quantitative estimate of drug-likeness (QED) is 0.663. The molecule has 0 aliphatic rings. The number of hydrogen-bond donors (Lipinski definition) is 1. The van der Waals surface area contributed by atoms with Crippen LogP contribution < -0.4 is 10.1 Å². The number of benzene rings is 1. The van der Waals surface area contributed by atoms with Crippen LogP contribution in [0.2, 0.25) is 0 Å². The Morgan fingerprint density at radius 3 is 2.50 bits per heavy atom. The van der Waals surface area contributed by atoms with Gasteiger partial charge in [-0.15, -0.1) is 0 Å². The van der Waals surface area contributed by atoms with Crippen LogP contribution in [0.5, 0.6) is 5.75 Å². The van der Waals surface area contributed by atoms with E-state index in [0.29, 0.717) is 0 Å². The van der Waals surface area contributed by atoms with Gasteiger partial charge in [-0.1, -0.05) is 0 Å². The zero-order valence-corrected chi connectivity index (χ0v) is 9.75. The van der Waals surface area contributed by atoms with Crippen molar-refractivity contribution < 1.29 is 27.8 Å². The van der Waals surface area contributed by atoms with Crippen molar-refractivity contribution in [3.05, 3.63) is 29.3 Å². The average Bonchev–Trinajstić information content (AvgIpc) is 2.33. The SMILES string of the molecule is CNC(=O)OCc1ccc(OC(C)=O)c(F)c1F. The number of carbonyl (C=O) groups is 2. The maximum atomic E-state index is 13.5. The first-order valence-electron chi connectivity index (χ1n) is 4.95. The molecule has 0 aliphatic heterocycles. The van der Waals surface area contributed by atoms with Crippen molar-refractivity contribution in [2.45, 2.75) is 13.5 Å². The van der Waals surface area contributed by atoms with Gasteiger partial charge in [0.15, 0.2) is 11.6 Å². The fourth-order valence-corrected chi connectivity index (χ4v) is 1.13. The molecule has 0 heterocycles. The van der Waals surface area contributed by atoms with Gasteiger partial charge >= 0.3 is 12.1 Å². The number of hydrogen-bond acceptors (Lipinski definition) is 4. The summed E-state index contributed by atoms with van der Waals surface area (Å²) in [6.07, 6.45) is -0.765. The Bertz CT molecular complexity index is 476. The number of nitrogens with one attached hydrogen (secondary N) is 1. The largest absolute Gasteiger partial charge is 0.445 e. The standard InChI is InChI=1S/C11H11F2NO4/c1-6(15)18-8-4-3-7(9(12)10(8)13)5-17-11(16)14-2/h3-4H,5H2,1-2H3,(H,14,16). The first kappa shape index (κ1) is 13.9. The molecule has 0 bridgehead atoms. The second-order valence-corrected chi connectivity index (χ2v) is 3.27. The minimum atomic E-state index is -1.30. The van der Waals surface area contributed by atoms with Crippen LogP contribution in [0.4, 0.5) is 13.6 Å². The fourth-order valence-electron chi connectivity index (χ4n) is 1.13. The molecule has 0 atom stereocenters. The second-order valence-electron chi connectivity index (χ2n) is 3.27. The molecule has 0 aliphatic carbocycles. The first-order chi connectivity index (χ1) is 8.45. The van der Waals surface area contributed by atoms with Crippen LogP contribution in [-0.2, 0) is 16.1 Å². The minimum Gasteiger partial charge on any atom is -0.445 e. The normalized spacial score (nSPS) is 9.78. The Morgan fingerprint density at radius 2 is 1.94 bits per heavy atom. The maximum Gasteiger partial charge on any atom is 0.407 e. The molecule has 0 aromatic heterocycles. The van der Waals surface area contributed by atoms with Gasteiger partial charge in [0.25, 0.3) is 0 Å². The molecule has 1 amide bonds. The van der Waals surface area contributed by atoms with E-state index in [-0.39, 0.29) is 5.56 Å². The van der Waals surface area contributed by atoms with Crippen LogP contribution in [-0.4, -0.2) is 19.1 Å². The van der Waals surface area contributed by atoms with Crippen molar-refractivity contribution in [1.29, 1.82) is 0 Å². The Labute approximate surface area is 102 Å². The summed E-state index contributed by atoms with van der Waals surface area (Å²) in [5.74, 6) is -3.80. The lowest BCUT2D eigenvalue weighted by molar-refractivity contribution is -0.132. The minimum absolute atomic E-state index is 0.160. The third-order valence-electron chi connectivity index (χ3n) is 1.94. The van der Waals surface area contributed by atoms with E-state index in [0.717, 1.165) is 13.0 Å². The van der Waals surface area contributed by atoms with Crippen molar-refractivity contribution in [2.75, 3.05) is 7.05 Å². The van der Waals surface area contributed by atoms with Crippen LogP contribution in [0, 0.1) is 11.6 Å². The Kier molecular flexibility index (Phi) is 4.59. The van der Waals surface area contributed by atoms with Crippen molar-refractivity contribution in [3.8, 4) is 5.75 Å². The maximum absolute atomic E-state index is 13.5. The summed E-state index contributed by atoms with van der Waals surface area (Å²) in [5, 5.41) is 2.16. The van der Waals surface area contributed by atoms with Gasteiger partial charge in [-0.05, 0) is 12.1 Å². The van der Waals surface area contributed by atoms with Crippen LogP contribution >= 0.6 is 0 Å². The van der Waals surface area contributed by atoms with Gasteiger partial charge < -0.3 is 14.8 Å². The number of alkyl carbamates (subject to hydrolysis) is 1. The number of esters is 1. The Hall–Kier alpha value is -2.18. The fraction of sp³-hybridized carbons (Fsp3) is 0.273. The van der Waals surface area contributed by atoms with Gasteiger partial charge in [-0.3, -0.25) is 4.79 Å². The molecular formula is C11H11F2NO4. The molecule has 0 spiro atoms. The number of rotatable bonds is 3. The molecule has 7 heteroatoms. The highest BCUT2D eigenvalue weighted by Crippen LogP contribution is 2.23. The Morgan fingerprint density at radius 1 is 1.28 bits per heavy atom. The van der Waals surface area contributed by atoms with Gasteiger partial charge in [-0.2, -0.15) is 4.39 Å². The van der Waals surface area contributed by atoms with Gasteiger partial charge in [0.1, 0.15) is 6.61 Å². The van der Waals surface area contributed by atoms with E-state index in [9.17, 15) is 18.4 Å². The highest BCUT2D eigenvalue weighted by atomic mass is 19.2. The molecule has 0 saturated heterocycles. The highest BCUT2D eigenvalue weighted by molar-refractivity contribution is 5.69. The summed E-state index contributed by atoms with van der Waals surface area (Å²) in [7, 11) is 1.34. The summed E-state index contributed by atoms with van der Waals surface area (Å²) < 4.78 is 35.9. The van der Waals surface area contributed by atoms with E-state index < -0.39 is 36.1 Å². The van der Waals surface area contributed by atoms with Crippen LogP contribution in [0.3, 0.4) is 0 Å². The topological polar surface area (TPSA) is 64.6 Å². The molecular weight excluding hydrogens is 248 g/mol. The van der Waals surface area contributed by atoms with E-state index in [4.69, 9.17) is 0 Å².